The standard InChI is InChI=1S/C15H14F3N3O3/c1-23-21(9-22)14(6-7-14)8-10-2-4-11(5-3-10)12-19-13(24-20-12)15(16,17)18/h2-5,9H,6-8H2,1H3. The Labute approximate surface area is 135 Å². The number of hydrogen-bond acceptors (Lipinski definition) is 5. The van der Waals surface area contributed by atoms with E-state index in [1.54, 1.807) is 24.3 Å². The van der Waals surface area contributed by atoms with Gasteiger partial charge in [-0.2, -0.15) is 18.2 Å². The van der Waals surface area contributed by atoms with Gasteiger partial charge in [0.1, 0.15) is 0 Å². The number of aromatic nitrogens is 2. The number of halogens is 3. The number of rotatable bonds is 6. The van der Waals surface area contributed by atoms with Crippen molar-refractivity contribution < 1.29 is 27.3 Å². The highest BCUT2D eigenvalue weighted by molar-refractivity contribution is 5.55. The molecule has 1 amide bonds. The molecule has 0 atom stereocenters. The summed E-state index contributed by atoms with van der Waals surface area (Å²) >= 11 is 0. The van der Waals surface area contributed by atoms with Gasteiger partial charge in [0, 0.05) is 5.56 Å². The number of carbonyl (C=O) groups is 1. The molecule has 9 heteroatoms. The van der Waals surface area contributed by atoms with Gasteiger partial charge >= 0.3 is 12.1 Å². The van der Waals surface area contributed by atoms with Crippen LogP contribution in [0.15, 0.2) is 28.8 Å². The first kappa shape index (κ1) is 16.4. The zero-order valence-electron chi connectivity index (χ0n) is 12.7. The summed E-state index contributed by atoms with van der Waals surface area (Å²) < 4.78 is 41.6. The van der Waals surface area contributed by atoms with Crippen LogP contribution in [0.3, 0.4) is 0 Å². The first-order valence-electron chi connectivity index (χ1n) is 7.17. The maximum atomic E-state index is 12.5. The molecule has 1 aromatic heterocycles. The third-order valence-corrected chi connectivity index (χ3v) is 4.00. The van der Waals surface area contributed by atoms with Crippen molar-refractivity contribution in [3.63, 3.8) is 0 Å². The van der Waals surface area contributed by atoms with Crippen LogP contribution in [0.5, 0.6) is 0 Å². The van der Waals surface area contributed by atoms with Gasteiger partial charge in [-0.3, -0.25) is 9.63 Å². The van der Waals surface area contributed by atoms with E-state index < -0.39 is 12.1 Å². The second kappa shape index (κ2) is 5.90. The van der Waals surface area contributed by atoms with Gasteiger partial charge in [0.05, 0.1) is 12.6 Å². The number of benzene rings is 1. The number of hydrogen-bond donors (Lipinski definition) is 0. The van der Waals surface area contributed by atoms with E-state index >= 15 is 0 Å². The highest BCUT2D eigenvalue weighted by Gasteiger charge is 2.48. The monoisotopic (exact) mass is 341 g/mol. The SMILES string of the molecule is CON(C=O)C1(Cc2ccc(-c3noc(C(F)(F)F)n3)cc2)CC1. The predicted octanol–water partition coefficient (Wildman–Crippen LogP) is 2.85. The van der Waals surface area contributed by atoms with Crippen LogP contribution in [0.1, 0.15) is 24.3 Å². The van der Waals surface area contributed by atoms with E-state index in [4.69, 9.17) is 4.84 Å². The molecule has 1 aliphatic carbocycles. The first-order chi connectivity index (χ1) is 11.4. The van der Waals surface area contributed by atoms with Gasteiger partial charge in [0.2, 0.25) is 12.2 Å². The van der Waals surface area contributed by atoms with Gasteiger partial charge in [-0.1, -0.05) is 29.4 Å². The lowest BCUT2D eigenvalue weighted by molar-refractivity contribution is -0.178. The van der Waals surface area contributed by atoms with Crippen LogP contribution in [0, 0.1) is 0 Å². The molecule has 1 aliphatic rings. The number of amides is 1. The number of nitrogens with zero attached hydrogens (tertiary/aromatic N) is 3. The van der Waals surface area contributed by atoms with Crippen LogP contribution < -0.4 is 0 Å². The summed E-state index contributed by atoms with van der Waals surface area (Å²) in [6, 6.07) is 6.76. The highest BCUT2D eigenvalue weighted by atomic mass is 19.4. The molecule has 24 heavy (non-hydrogen) atoms. The zero-order valence-corrected chi connectivity index (χ0v) is 12.7. The largest absolute Gasteiger partial charge is 0.471 e. The fourth-order valence-electron chi connectivity index (χ4n) is 2.58. The van der Waals surface area contributed by atoms with Crippen LogP contribution >= 0.6 is 0 Å². The molecule has 0 aliphatic heterocycles. The normalized spacial score (nSPS) is 16.0. The Kier molecular flexibility index (Phi) is 4.04. The minimum absolute atomic E-state index is 0.124. The quantitative estimate of drug-likeness (QED) is 0.597. The molecule has 128 valence electrons. The molecule has 0 N–H and O–H groups in total. The highest BCUT2D eigenvalue weighted by Crippen LogP contribution is 2.44. The molecule has 2 aromatic rings. The summed E-state index contributed by atoms with van der Waals surface area (Å²) in [5, 5.41) is 4.64. The van der Waals surface area contributed by atoms with Gasteiger partial charge in [-0.25, -0.2) is 5.06 Å². The molecule has 1 aromatic carbocycles. The maximum absolute atomic E-state index is 12.5. The molecule has 1 fully saturated rings. The van der Waals surface area contributed by atoms with Crippen molar-refractivity contribution in [2.45, 2.75) is 31.0 Å². The summed E-state index contributed by atoms with van der Waals surface area (Å²) in [6.07, 6.45) is -1.75. The third kappa shape index (κ3) is 3.12. The lowest BCUT2D eigenvalue weighted by atomic mass is 10.0. The van der Waals surface area contributed by atoms with Gasteiger partial charge in [-0.15, -0.1) is 0 Å². The van der Waals surface area contributed by atoms with Gasteiger partial charge < -0.3 is 4.52 Å². The molecule has 3 rings (SSSR count). The van der Waals surface area contributed by atoms with E-state index in [2.05, 4.69) is 14.7 Å². The minimum atomic E-state index is -4.66. The Balaban J connectivity index is 1.74. The Bertz CT molecular complexity index is 724. The van der Waals surface area contributed by atoms with E-state index in [9.17, 15) is 18.0 Å². The zero-order chi connectivity index (χ0) is 17.4. The topological polar surface area (TPSA) is 68.5 Å². The molecule has 0 unspecified atom stereocenters. The van der Waals surface area contributed by atoms with E-state index in [0.717, 1.165) is 18.4 Å². The molecule has 0 radical (unpaired) electrons. The van der Waals surface area contributed by atoms with Gasteiger partial charge in [0.15, 0.2) is 0 Å². The molecule has 0 saturated heterocycles. The summed E-state index contributed by atoms with van der Waals surface area (Å²) in [5.74, 6) is -1.50. The van der Waals surface area contributed by atoms with Crippen LogP contribution in [-0.2, 0) is 22.2 Å². The Morgan fingerprint density at radius 3 is 2.46 bits per heavy atom. The second-order valence-electron chi connectivity index (χ2n) is 5.63. The Morgan fingerprint density at radius 1 is 1.33 bits per heavy atom. The van der Waals surface area contributed by atoms with Crippen molar-refractivity contribution in [2.24, 2.45) is 0 Å². The molecule has 1 heterocycles. The number of hydroxylamine groups is 2. The number of alkyl halides is 3. The van der Waals surface area contributed by atoms with E-state index in [1.807, 2.05) is 0 Å². The lowest BCUT2D eigenvalue weighted by Gasteiger charge is -2.25. The van der Waals surface area contributed by atoms with Crippen molar-refractivity contribution in [3.8, 4) is 11.4 Å². The number of carbonyl (C=O) groups excluding carboxylic acids is 1. The molecule has 6 nitrogen and oxygen atoms in total. The first-order valence-corrected chi connectivity index (χ1v) is 7.17. The Morgan fingerprint density at radius 2 is 2.00 bits per heavy atom. The Hall–Kier alpha value is -2.42. The molecular formula is C15H14F3N3O3. The second-order valence-corrected chi connectivity index (χ2v) is 5.63. The van der Waals surface area contributed by atoms with Gasteiger partial charge in [0.25, 0.3) is 0 Å². The van der Waals surface area contributed by atoms with Crippen molar-refractivity contribution >= 4 is 6.41 Å². The fourth-order valence-corrected chi connectivity index (χ4v) is 2.58. The molecular weight excluding hydrogens is 327 g/mol. The maximum Gasteiger partial charge on any atom is 0.471 e. The predicted molar refractivity (Wildman–Crippen MR) is 75.3 cm³/mol. The van der Waals surface area contributed by atoms with Crippen molar-refractivity contribution in [1.82, 2.24) is 15.2 Å². The van der Waals surface area contributed by atoms with Crippen molar-refractivity contribution in [2.75, 3.05) is 7.11 Å². The van der Waals surface area contributed by atoms with Crippen LogP contribution in [-0.4, -0.2) is 34.3 Å². The molecule has 0 spiro atoms. The van der Waals surface area contributed by atoms with E-state index in [-0.39, 0.29) is 11.4 Å². The molecule has 1 saturated carbocycles. The third-order valence-electron chi connectivity index (χ3n) is 4.00. The van der Waals surface area contributed by atoms with Crippen LogP contribution in [0.4, 0.5) is 13.2 Å². The van der Waals surface area contributed by atoms with Crippen LogP contribution in [0.25, 0.3) is 11.4 Å². The average molecular weight is 341 g/mol. The van der Waals surface area contributed by atoms with Crippen LogP contribution in [0.2, 0.25) is 0 Å². The summed E-state index contributed by atoms with van der Waals surface area (Å²) in [7, 11) is 1.44. The molecule has 0 bridgehead atoms. The lowest BCUT2D eigenvalue weighted by Crippen LogP contribution is -2.37. The average Bonchev–Trinajstić information content (AvgIpc) is 3.12. The summed E-state index contributed by atoms with van der Waals surface area (Å²) in [5.41, 5.74) is 1.01. The summed E-state index contributed by atoms with van der Waals surface area (Å²) in [6.45, 7) is 0. The van der Waals surface area contributed by atoms with Crippen molar-refractivity contribution in [3.05, 3.63) is 35.7 Å². The minimum Gasteiger partial charge on any atom is -0.329 e. The smallest absolute Gasteiger partial charge is 0.329 e. The summed E-state index contributed by atoms with van der Waals surface area (Å²) in [4.78, 5) is 19.4. The van der Waals surface area contributed by atoms with E-state index in [0.29, 0.717) is 18.4 Å². The van der Waals surface area contributed by atoms with E-state index in [1.165, 1.54) is 12.2 Å². The van der Waals surface area contributed by atoms with Crippen molar-refractivity contribution in [1.29, 1.82) is 0 Å². The fraction of sp³-hybridized carbons (Fsp3) is 0.400. The van der Waals surface area contributed by atoms with Gasteiger partial charge in [-0.05, 0) is 24.8 Å².